The van der Waals surface area contributed by atoms with Gasteiger partial charge >= 0.3 is 0 Å². The van der Waals surface area contributed by atoms with Crippen molar-refractivity contribution in [2.45, 2.75) is 33.2 Å². The number of carbonyl (C=O) groups is 1. The molecule has 0 aromatic carbocycles. The zero-order chi connectivity index (χ0) is 13.3. The zero-order valence-electron chi connectivity index (χ0n) is 11.6. The highest BCUT2D eigenvalue weighted by Crippen LogP contribution is 2.26. The second-order valence-corrected chi connectivity index (χ2v) is 5.49. The van der Waals surface area contributed by atoms with Crippen LogP contribution in [0.15, 0.2) is 6.20 Å². The first-order valence-corrected chi connectivity index (χ1v) is 6.44. The molecule has 0 bridgehead atoms. The SMILES string of the molecule is Cc1c(C(C)NC(=O)C2(C)CCNC2)cnn1C. The van der Waals surface area contributed by atoms with Crippen molar-refractivity contribution in [1.29, 1.82) is 0 Å². The van der Waals surface area contributed by atoms with Crippen molar-refractivity contribution in [2.75, 3.05) is 13.1 Å². The fourth-order valence-corrected chi connectivity index (χ4v) is 2.40. The van der Waals surface area contributed by atoms with E-state index in [1.54, 1.807) is 0 Å². The summed E-state index contributed by atoms with van der Waals surface area (Å²) in [6.45, 7) is 7.73. The first-order chi connectivity index (χ1) is 8.44. The van der Waals surface area contributed by atoms with Crippen molar-refractivity contribution in [3.63, 3.8) is 0 Å². The van der Waals surface area contributed by atoms with E-state index in [2.05, 4.69) is 15.7 Å². The third-order valence-electron chi connectivity index (χ3n) is 4.00. The van der Waals surface area contributed by atoms with Gasteiger partial charge in [0.25, 0.3) is 0 Å². The Hall–Kier alpha value is -1.36. The number of amides is 1. The molecule has 18 heavy (non-hydrogen) atoms. The van der Waals surface area contributed by atoms with Gasteiger partial charge in [-0.05, 0) is 33.7 Å². The largest absolute Gasteiger partial charge is 0.349 e. The first kappa shape index (κ1) is 13.1. The minimum absolute atomic E-state index is 0.00336. The van der Waals surface area contributed by atoms with Gasteiger partial charge in [0.05, 0.1) is 17.7 Å². The molecular formula is C13H22N4O. The number of aromatic nitrogens is 2. The lowest BCUT2D eigenvalue weighted by molar-refractivity contribution is -0.129. The van der Waals surface area contributed by atoms with Gasteiger partial charge < -0.3 is 10.6 Å². The highest BCUT2D eigenvalue weighted by Gasteiger charge is 2.36. The number of nitrogens with zero attached hydrogens (tertiary/aromatic N) is 2. The monoisotopic (exact) mass is 250 g/mol. The lowest BCUT2D eigenvalue weighted by Gasteiger charge is -2.24. The summed E-state index contributed by atoms with van der Waals surface area (Å²) in [6.07, 6.45) is 2.73. The summed E-state index contributed by atoms with van der Waals surface area (Å²) in [5, 5.41) is 10.6. The molecule has 2 unspecified atom stereocenters. The average molecular weight is 250 g/mol. The number of nitrogens with one attached hydrogen (secondary N) is 2. The van der Waals surface area contributed by atoms with Crippen LogP contribution in [-0.4, -0.2) is 28.8 Å². The number of hydrogen-bond acceptors (Lipinski definition) is 3. The van der Waals surface area contributed by atoms with Crippen LogP contribution >= 0.6 is 0 Å². The summed E-state index contributed by atoms with van der Waals surface area (Å²) >= 11 is 0. The molecule has 0 aliphatic carbocycles. The predicted octanol–water partition coefficient (Wildman–Crippen LogP) is 0.905. The van der Waals surface area contributed by atoms with Gasteiger partial charge in [-0.2, -0.15) is 5.10 Å². The van der Waals surface area contributed by atoms with Crippen molar-refractivity contribution in [1.82, 2.24) is 20.4 Å². The lowest BCUT2D eigenvalue weighted by Crippen LogP contribution is -2.41. The second kappa shape index (κ2) is 4.72. The van der Waals surface area contributed by atoms with Crippen LogP contribution in [-0.2, 0) is 11.8 Å². The number of rotatable bonds is 3. The van der Waals surface area contributed by atoms with Crippen LogP contribution in [0.25, 0.3) is 0 Å². The van der Waals surface area contributed by atoms with Crippen LogP contribution in [0.5, 0.6) is 0 Å². The molecule has 1 aromatic heterocycles. The van der Waals surface area contributed by atoms with Crippen LogP contribution in [0, 0.1) is 12.3 Å². The molecule has 0 radical (unpaired) electrons. The fourth-order valence-electron chi connectivity index (χ4n) is 2.40. The third kappa shape index (κ3) is 2.27. The summed E-state index contributed by atoms with van der Waals surface area (Å²) in [4.78, 5) is 12.3. The summed E-state index contributed by atoms with van der Waals surface area (Å²) in [7, 11) is 1.91. The van der Waals surface area contributed by atoms with Crippen molar-refractivity contribution < 1.29 is 4.79 Å². The van der Waals surface area contributed by atoms with Gasteiger partial charge in [0.1, 0.15) is 0 Å². The van der Waals surface area contributed by atoms with Gasteiger partial charge in [-0.15, -0.1) is 0 Å². The topological polar surface area (TPSA) is 59.0 Å². The molecule has 1 aliphatic heterocycles. The van der Waals surface area contributed by atoms with Gasteiger partial charge in [-0.3, -0.25) is 9.48 Å². The fraction of sp³-hybridized carbons (Fsp3) is 0.692. The van der Waals surface area contributed by atoms with Gasteiger partial charge in [-0.25, -0.2) is 0 Å². The molecule has 2 N–H and O–H groups in total. The Morgan fingerprint density at radius 1 is 1.67 bits per heavy atom. The summed E-state index contributed by atoms with van der Waals surface area (Å²) in [5.41, 5.74) is 1.91. The van der Waals surface area contributed by atoms with Crippen molar-refractivity contribution in [3.05, 3.63) is 17.5 Å². The van der Waals surface area contributed by atoms with E-state index < -0.39 is 0 Å². The predicted molar refractivity (Wildman–Crippen MR) is 70.1 cm³/mol. The van der Waals surface area contributed by atoms with Crippen LogP contribution < -0.4 is 10.6 Å². The molecule has 1 saturated heterocycles. The summed E-state index contributed by atoms with van der Waals surface area (Å²) in [5.74, 6) is 0.128. The molecule has 1 amide bonds. The molecular weight excluding hydrogens is 228 g/mol. The highest BCUT2D eigenvalue weighted by molar-refractivity contribution is 5.83. The normalized spacial score (nSPS) is 25.1. The first-order valence-electron chi connectivity index (χ1n) is 6.44. The van der Waals surface area contributed by atoms with E-state index in [9.17, 15) is 4.79 Å². The highest BCUT2D eigenvalue weighted by atomic mass is 16.2. The smallest absolute Gasteiger partial charge is 0.227 e. The number of carbonyl (C=O) groups excluding carboxylic acids is 1. The minimum atomic E-state index is -0.273. The molecule has 5 heteroatoms. The van der Waals surface area contributed by atoms with Crippen molar-refractivity contribution in [2.24, 2.45) is 12.5 Å². The quantitative estimate of drug-likeness (QED) is 0.838. The van der Waals surface area contributed by atoms with Gasteiger partial charge in [0.15, 0.2) is 0 Å². The Balaban J connectivity index is 2.05. The molecule has 1 fully saturated rings. The Kier molecular flexibility index (Phi) is 3.43. The van der Waals surface area contributed by atoms with E-state index in [4.69, 9.17) is 0 Å². The van der Waals surface area contributed by atoms with E-state index >= 15 is 0 Å². The van der Waals surface area contributed by atoms with Gasteiger partial charge in [0, 0.05) is 24.8 Å². The van der Waals surface area contributed by atoms with Crippen LogP contribution in [0.1, 0.15) is 37.6 Å². The third-order valence-corrected chi connectivity index (χ3v) is 4.00. The average Bonchev–Trinajstić information content (AvgIpc) is 2.89. The molecule has 0 saturated carbocycles. The molecule has 0 spiro atoms. The Bertz CT molecular complexity index is 446. The maximum Gasteiger partial charge on any atom is 0.227 e. The van der Waals surface area contributed by atoms with Gasteiger partial charge in [0.2, 0.25) is 5.91 Å². The van der Waals surface area contributed by atoms with E-state index in [1.165, 1.54) is 0 Å². The molecule has 100 valence electrons. The van der Waals surface area contributed by atoms with Crippen molar-refractivity contribution in [3.8, 4) is 0 Å². The summed E-state index contributed by atoms with van der Waals surface area (Å²) < 4.78 is 1.83. The standard InChI is InChI=1S/C13H22N4O/c1-9(11-7-15-17(4)10(11)2)16-12(18)13(3)5-6-14-8-13/h7,9,14H,5-6,8H2,1-4H3,(H,16,18). The zero-order valence-corrected chi connectivity index (χ0v) is 11.6. The van der Waals surface area contributed by atoms with Crippen molar-refractivity contribution >= 4 is 5.91 Å². The van der Waals surface area contributed by atoms with Crippen LogP contribution in [0.4, 0.5) is 0 Å². The Morgan fingerprint density at radius 3 is 2.89 bits per heavy atom. The molecule has 1 aromatic rings. The molecule has 1 aliphatic rings. The molecule has 2 rings (SSSR count). The summed E-state index contributed by atoms with van der Waals surface area (Å²) in [6, 6.07) is 0.00336. The van der Waals surface area contributed by atoms with E-state index in [0.717, 1.165) is 30.8 Å². The lowest BCUT2D eigenvalue weighted by atomic mass is 9.88. The molecule has 2 heterocycles. The Labute approximate surface area is 108 Å². The Morgan fingerprint density at radius 2 is 2.39 bits per heavy atom. The maximum absolute atomic E-state index is 12.3. The van der Waals surface area contributed by atoms with E-state index in [1.807, 2.05) is 38.7 Å². The van der Waals surface area contributed by atoms with Gasteiger partial charge in [-0.1, -0.05) is 0 Å². The van der Waals surface area contributed by atoms with Crippen LogP contribution in [0.3, 0.4) is 0 Å². The number of aryl methyl sites for hydroxylation is 1. The van der Waals surface area contributed by atoms with E-state index in [-0.39, 0.29) is 17.4 Å². The second-order valence-electron chi connectivity index (χ2n) is 5.49. The maximum atomic E-state index is 12.3. The van der Waals surface area contributed by atoms with Crippen LogP contribution in [0.2, 0.25) is 0 Å². The number of hydrogen-bond donors (Lipinski definition) is 2. The minimum Gasteiger partial charge on any atom is -0.349 e. The van der Waals surface area contributed by atoms with E-state index in [0.29, 0.717) is 0 Å². The molecule has 2 atom stereocenters. The molecule has 5 nitrogen and oxygen atoms in total.